The molecule has 0 fully saturated rings. The molecule has 0 atom stereocenters. The van der Waals surface area contributed by atoms with Crippen molar-refractivity contribution in [3.05, 3.63) is 95.1 Å². The van der Waals surface area contributed by atoms with Crippen LogP contribution in [0, 0.1) is 0 Å². The van der Waals surface area contributed by atoms with Crippen LogP contribution in [0.1, 0.15) is 27.0 Å². The first kappa shape index (κ1) is 19.9. The first-order valence-corrected chi connectivity index (χ1v) is 9.08. The lowest BCUT2D eigenvalue weighted by Gasteiger charge is -2.12. The number of anilines is 1. The third kappa shape index (κ3) is 5.56. The second-order valence-electron chi connectivity index (χ2n) is 6.42. The van der Waals surface area contributed by atoms with Crippen LogP contribution in [0.2, 0.25) is 0 Å². The molecule has 146 valence electrons. The van der Waals surface area contributed by atoms with E-state index < -0.39 is 5.97 Å². The highest BCUT2D eigenvalue weighted by atomic mass is 16.5. The third-order valence-corrected chi connectivity index (χ3v) is 4.32. The van der Waals surface area contributed by atoms with Crippen LogP contribution >= 0.6 is 0 Å². The number of hydrogen-bond donors (Lipinski definition) is 2. The number of ether oxygens (including phenoxy) is 1. The molecule has 0 spiro atoms. The topological polar surface area (TPSA) is 75.6 Å². The summed E-state index contributed by atoms with van der Waals surface area (Å²) >= 11 is 0. The third-order valence-electron chi connectivity index (χ3n) is 4.32. The Bertz CT molecular complexity index is 1040. The van der Waals surface area contributed by atoms with Gasteiger partial charge in [0.25, 0.3) is 5.91 Å². The summed E-state index contributed by atoms with van der Waals surface area (Å²) < 4.78 is 5.15. The Hall–Kier alpha value is -3.86. The van der Waals surface area contributed by atoms with E-state index in [0.29, 0.717) is 22.6 Å². The molecule has 0 radical (unpaired) electrons. The van der Waals surface area contributed by atoms with Crippen molar-refractivity contribution in [2.45, 2.75) is 6.42 Å². The van der Waals surface area contributed by atoms with Crippen LogP contribution in [0.25, 0.3) is 12.2 Å². The number of carbonyl (C=O) groups is 2. The molecule has 0 bridgehead atoms. The van der Waals surface area contributed by atoms with Crippen LogP contribution in [0.5, 0.6) is 5.75 Å². The highest BCUT2D eigenvalue weighted by Crippen LogP contribution is 2.22. The zero-order chi connectivity index (χ0) is 20.6. The van der Waals surface area contributed by atoms with Gasteiger partial charge in [0.1, 0.15) is 5.75 Å². The average molecular weight is 387 g/mol. The summed E-state index contributed by atoms with van der Waals surface area (Å²) in [7, 11) is 1.53. The molecular formula is C24H21NO4. The van der Waals surface area contributed by atoms with Crippen LogP contribution in [-0.4, -0.2) is 24.1 Å². The summed E-state index contributed by atoms with van der Waals surface area (Å²) in [6, 6.07) is 21.9. The van der Waals surface area contributed by atoms with E-state index in [1.54, 1.807) is 36.4 Å². The van der Waals surface area contributed by atoms with E-state index in [9.17, 15) is 14.7 Å². The molecule has 1 amide bonds. The Labute approximate surface area is 169 Å². The van der Waals surface area contributed by atoms with Gasteiger partial charge in [0.2, 0.25) is 0 Å². The quantitative estimate of drug-likeness (QED) is 0.574. The van der Waals surface area contributed by atoms with Crippen molar-refractivity contribution in [1.29, 1.82) is 0 Å². The van der Waals surface area contributed by atoms with Crippen molar-refractivity contribution in [2.75, 3.05) is 12.4 Å². The van der Waals surface area contributed by atoms with Gasteiger partial charge in [-0.25, -0.2) is 0 Å². The molecule has 29 heavy (non-hydrogen) atoms. The van der Waals surface area contributed by atoms with Gasteiger partial charge in [-0.1, -0.05) is 54.6 Å². The van der Waals surface area contributed by atoms with Gasteiger partial charge in [0, 0.05) is 11.3 Å². The number of carbonyl (C=O) groups excluding carboxylic acids is 1. The number of amides is 1. The highest BCUT2D eigenvalue weighted by molar-refractivity contribution is 6.05. The van der Waals surface area contributed by atoms with Crippen molar-refractivity contribution < 1.29 is 19.4 Å². The molecule has 3 aromatic carbocycles. The molecule has 0 aliphatic heterocycles. The van der Waals surface area contributed by atoms with Gasteiger partial charge in [-0.2, -0.15) is 0 Å². The normalized spacial score (nSPS) is 10.7. The minimum absolute atomic E-state index is 0.194. The molecule has 0 heterocycles. The van der Waals surface area contributed by atoms with Crippen LogP contribution < -0.4 is 10.1 Å². The number of carboxylic acids is 1. The second kappa shape index (κ2) is 9.37. The van der Waals surface area contributed by atoms with Gasteiger partial charge in [-0.05, 0) is 47.0 Å². The Balaban J connectivity index is 1.84. The first-order valence-electron chi connectivity index (χ1n) is 9.08. The maximum absolute atomic E-state index is 12.6. The van der Waals surface area contributed by atoms with Crippen LogP contribution in [0.4, 0.5) is 5.69 Å². The second-order valence-corrected chi connectivity index (χ2v) is 6.42. The molecule has 0 saturated heterocycles. The number of methoxy groups -OCH3 is 1. The predicted molar refractivity (Wildman–Crippen MR) is 114 cm³/mol. The first-order chi connectivity index (χ1) is 14.0. The van der Waals surface area contributed by atoms with E-state index in [1.165, 1.54) is 7.11 Å². The average Bonchev–Trinajstić information content (AvgIpc) is 2.74. The van der Waals surface area contributed by atoms with E-state index in [2.05, 4.69) is 5.32 Å². The van der Waals surface area contributed by atoms with Crippen molar-refractivity contribution >= 4 is 29.7 Å². The fourth-order valence-electron chi connectivity index (χ4n) is 2.86. The number of rotatable bonds is 7. The zero-order valence-corrected chi connectivity index (χ0v) is 16.0. The molecule has 0 aliphatic carbocycles. The van der Waals surface area contributed by atoms with Crippen LogP contribution in [0.3, 0.4) is 0 Å². The SMILES string of the molecule is COc1cccc(C(=O)Nc2ccc(/C=C/c3ccccc3)cc2CC(=O)O)c1. The lowest BCUT2D eigenvalue weighted by Crippen LogP contribution is -2.14. The Morgan fingerprint density at radius 1 is 0.931 bits per heavy atom. The molecule has 0 unspecified atom stereocenters. The molecule has 2 N–H and O–H groups in total. The van der Waals surface area contributed by atoms with Crippen molar-refractivity contribution in [3.8, 4) is 5.75 Å². The molecule has 3 aromatic rings. The van der Waals surface area contributed by atoms with E-state index in [-0.39, 0.29) is 12.3 Å². The van der Waals surface area contributed by atoms with Gasteiger partial charge < -0.3 is 15.2 Å². The van der Waals surface area contributed by atoms with E-state index in [0.717, 1.165) is 11.1 Å². The molecule has 3 rings (SSSR count). The van der Waals surface area contributed by atoms with E-state index >= 15 is 0 Å². The van der Waals surface area contributed by atoms with Crippen molar-refractivity contribution in [1.82, 2.24) is 0 Å². The van der Waals surface area contributed by atoms with Gasteiger partial charge in [-0.3, -0.25) is 9.59 Å². The molecule has 0 saturated carbocycles. The standard InChI is InChI=1S/C24H21NO4/c1-29-21-9-5-8-19(15-21)24(28)25-22-13-12-18(14-20(22)16-23(26)27)11-10-17-6-3-2-4-7-17/h2-15H,16H2,1H3,(H,25,28)(H,26,27)/b11-10+. The van der Waals surface area contributed by atoms with E-state index in [4.69, 9.17) is 4.74 Å². The molecular weight excluding hydrogens is 366 g/mol. The Morgan fingerprint density at radius 2 is 1.69 bits per heavy atom. The summed E-state index contributed by atoms with van der Waals surface area (Å²) in [4.78, 5) is 23.9. The molecule has 5 heteroatoms. The number of benzene rings is 3. The van der Waals surface area contributed by atoms with Crippen LogP contribution in [-0.2, 0) is 11.2 Å². The lowest BCUT2D eigenvalue weighted by molar-refractivity contribution is -0.136. The van der Waals surface area contributed by atoms with Crippen LogP contribution in [0.15, 0.2) is 72.8 Å². The highest BCUT2D eigenvalue weighted by Gasteiger charge is 2.12. The van der Waals surface area contributed by atoms with E-state index in [1.807, 2.05) is 48.6 Å². The maximum Gasteiger partial charge on any atom is 0.307 e. The summed E-state index contributed by atoms with van der Waals surface area (Å²) in [5.74, 6) is -0.723. The Morgan fingerprint density at radius 3 is 2.41 bits per heavy atom. The van der Waals surface area contributed by atoms with Crippen molar-refractivity contribution in [2.24, 2.45) is 0 Å². The summed E-state index contributed by atoms with van der Waals surface area (Å²) in [6.07, 6.45) is 3.67. The van der Waals surface area contributed by atoms with Gasteiger partial charge in [0.05, 0.1) is 13.5 Å². The van der Waals surface area contributed by atoms with Gasteiger partial charge in [0.15, 0.2) is 0 Å². The molecule has 0 aromatic heterocycles. The maximum atomic E-state index is 12.6. The minimum Gasteiger partial charge on any atom is -0.497 e. The predicted octanol–water partition coefficient (Wildman–Crippen LogP) is 4.75. The monoisotopic (exact) mass is 387 g/mol. The number of aliphatic carboxylic acids is 1. The van der Waals surface area contributed by atoms with Crippen molar-refractivity contribution in [3.63, 3.8) is 0 Å². The summed E-state index contributed by atoms with van der Waals surface area (Å²) in [5, 5.41) is 12.1. The molecule has 5 nitrogen and oxygen atoms in total. The lowest BCUT2D eigenvalue weighted by atomic mass is 10.0. The smallest absolute Gasteiger partial charge is 0.307 e. The fraction of sp³-hybridized carbons (Fsp3) is 0.0833. The number of carboxylic acid groups (broad SMARTS) is 1. The summed E-state index contributed by atoms with van der Waals surface area (Å²) in [6.45, 7) is 0. The largest absolute Gasteiger partial charge is 0.497 e. The Kier molecular flexibility index (Phi) is 6.43. The van der Waals surface area contributed by atoms with Gasteiger partial charge >= 0.3 is 5.97 Å². The minimum atomic E-state index is -0.967. The van der Waals surface area contributed by atoms with Gasteiger partial charge in [-0.15, -0.1) is 0 Å². The fourth-order valence-corrected chi connectivity index (χ4v) is 2.86. The number of nitrogens with one attached hydrogen (secondary N) is 1. The summed E-state index contributed by atoms with van der Waals surface area (Å²) in [5.41, 5.74) is 3.33. The molecule has 0 aliphatic rings. The number of hydrogen-bond acceptors (Lipinski definition) is 3. The zero-order valence-electron chi connectivity index (χ0n) is 16.0.